The summed E-state index contributed by atoms with van der Waals surface area (Å²) in [6.45, 7) is 11.3. The predicted molar refractivity (Wildman–Crippen MR) is 199 cm³/mol. The van der Waals surface area contributed by atoms with Gasteiger partial charge in [-0.25, -0.2) is 14.8 Å². The number of carbonyl (C=O) groups is 2. The molecule has 3 aromatic heterocycles. The summed E-state index contributed by atoms with van der Waals surface area (Å²) >= 11 is 0. The lowest BCUT2D eigenvalue weighted by Crippen LogP contribution is -2.48. The zero-order valence-corrected chi connectivity index (χ0v) is 30.9. The summed E-state index contributed by atoms with van der Waals surface area (Å²) in [6.07, 6.45) is 4.05. The summed E-state index contributed by atoms with van der Waals surface area (Å²) in [6, 6.07) is 14.1. The summed E-state index contributed by atoms with van der Waals surface area (Å²) in [5.74, 6) is 1.28. The summed E-state index contributed by atoms with van der Waals surface area (Å²) in [5, 5.41) is 5.62. The lowest BCUT2D eigenvalue weighted by atomic mass is 9.89. The van der Waals surface area contributed by atoms with Crippen LogP contribution in [0.25, 0.3) is 5.65 Å². The van der Waals surface area contributed by atoms with Gasteiger partial charge in [-0.2, -0.15) is 13.2 Å². The molecule has 0 atom stereocenters. The molecule has 0 aliphatic carbocycles. The quantitative estimate of drug-likeness (QED) is 0.166. The van der Waals surface area contributed by atoms with Crippen LogP contribution < -0.4 is 15.4 Å². The van der Waals surface area contributed by atoms with Gasteiger partial charge >= 0.3 is 12.2 Å². The highest BCUT2D eigenvalue weighted by atomic mass is 19.4. The number of fused-ring (bicyclic) bond motifs is 1. The van der Waals surface area contributed by atoms with E-state index in [1.54, 1.807) is 11.0 Å². The van der Waals surface area contributed by atoms with Crippen LogP contribution in [-0.4, -0.2) is 92.9 Å². The molecule has 11 nitrogen and oxygen atoms in total. The first-order chi connectivity index (χ1) is 26.0. The van der Waals surface area contributed by atoms with Crippen LogP contribution in [0, 0.1) is 0 Å². The SMILES string of the molecule is CC(C)Oc1cc2nc(C3CCN(CCN4CCC(c5ccc(CN6CCC(=O)NC6=O)cc5)CC4)CC3)cn2cc1NCc1cccc(C(F)(F)F)n1. The second-order valence-corrected chi connectivity index (χ2v) is 15.0. The smallest absolute Gasteiger partial charge is 0.433 e. The van der Waals surface area contributed by atoms with Crippen molar-refractivity contribution in [3.05, 3.63) is 89.1 Å². The van der Waals surface area contributed by atoms with Crippen LogP contribution >= 0.6 is 0 Å². The van der Waals surface area contributed by atoms with Crippen molar-refractivity contribution in [3.8, 4) is 5.75 Å². The van der Waals surface area contributed by atoms with Gasteiger partial charge in [0.05, 0.1) is 29.7 Å². The summed E-state index contributed by atoms with van der Waals surface area (Å²) in [4.78, 5) is 39.1. The van der Waals surface area contributed by atoms with E-state index in [1.807, 2.05) is 30.5 Å². The number of urea groups is 1. The maximum absolute atomic E-state index is 13.2. The summed E-state index contributed by atoms with van der Waals surface area (Å²) in [7, 11) is 0. The van der Waals surface area contributed by atoms with Crippen LogP contribution in [0.2, 0.25) is 0 Å². The number of piperidine rings is 2. The zero-order chi connectivity index (χ0) is 37.8. The van der Waals surface area contributed by atoms with Gasteiger partial charge in [-0.15, -0.1) is 0 Å². The van der Waals surface area contributed by atoms with E-state index >= 15 is 0 Å². The van der Waals surface area contributed by atoms with Gasteiger partial charge in [0.25, 0.3) is 0 Å². The van der Waals surface area contributed by atoms with Gasteiger partial charge in [0.15, 0.2) is 0 Å². The number of likely N-dealkylation sites (tertiary alicyclic amines) is 2. The maximum Gasteiger partial charge on any atom is 0.433 e. The van der Waals surface area contributed by atoms with Crippen LogP contribution in [0.4, 0.5) is 23.7 Å². The molecule has 3 saturated heterocycles. The normalized spacial score (nSPS) is 18.4. The number of amides is 3. The topological polar surface area (TPSA) is 107 Å². The number of imidazole rings is 1. The van der Waals surface area contributed by atoms with Crippen molar-refractivity contribution in [2.45, 2.75) is 83.2 Å². The van der Waals surface area contributed by atoms with Crippen molar-refractivity contribution in [3.63, 3.8) is 0 Å². The molecule has 288 valence electrons. The van der Waals surface area contributed by atoms with Crippen molar-refractivity contribution in [1.29, 1.82) is 0 Å². The molecule has 3 amide bonds. The molecule has 0 radical (unpaired) electrons. The fraction of sp³-hybridized carbons (Fsp3) is 0.500. The molecule has 14 heteroatoms. The molecule has 6 heterocycles. The number of benzene rings is 1. The van der Waals surface area contributed by atoms with Gasteiger partial charge in [0.2, 0.25) is 5.91 Å². The molecule has 0 saturated carbocycles. The second kappa shape index (κ2) is 16.4. The average molecular weight is 747 g/mol. The number of imide groups is 1. The summed E-state index contributed by atoms with van der Waals surface area (Å²) < 4.78 is 47.7. The Hall–Kier alpha value is -4.69. The molecule has 3 aliphatic heterocycles. The minimum absolute atomic E-state index is 0.0965. The monoisotopic (exact) mass is 746 g/mol. The third kappa shape index (κ3) is 9.33. The fourth-order valence-electron chi connectivity index (χ4n) is 7.73. The van der Waals surface area contributed by atoms with E-state index in [9.17, 15) is 22.8 Å². The van der Waals surface area contributed by atoms with Crippen molar-refractivity contribution in [1.82, 2.24) is 34.4 Å². The number of nitrogens with one attached hydrogen (secondary N) is 2. The molecular weight excluding hydrogens is 697 g/mol. The maximum atomic E-state index is 13.2. The minimum atomic E-state index is -4.50. The van der Waals surface area contributed by atoms with Crippen molar-refractivity contribution >= 4 is 23.3 Å². The number of rotatable bonds is 12. The highest BCUT2D eigenvalue weighted by Crippen LogP contribution is 2.33. The van der Waals surface area contributed by atoms with Crippen molar-refractivity contribution in [2.24, 2.45) is 0 Å². The van der Waals surface area contributed by atoms with Crippen molar-refractivity contribution < 1.29 is 27.5 Å². The number of anilines is 1. The lowest BCUT2D eigenvalue weighted by molar-refractivity contribution is -0.141. The number of hydrogen-bond acceptors (Lipinski definition) is 8. The number of ether oxygens (including phenoxy) is 1. The molecule has 3 fully saturated rings. The van der Waals surface area contributed by atoms with Crippen LogP contribution in [0.15, 0.2) is 60.9 Å². The molecule has 0 bridgehead atoms. The van der Waals surface area contributed by atoms with Crippen LogP contribution in [0.1, 0.15) is 86.0 Å². The van der Waals surface area contributed by atoms with Crippen LogP contribution in [0.3, 0.4) is 0 Å². The van der Waals surface area contributed by atoms with E-state index in [2.05, 4.69) is 55.9 Å². The molecule has 0 spiro atoms. The Bertz CT molecular complexity index is 1920. The number of hydrogen-bond donors (Lipinski definition) is 2. The zero-order valence-electron chi connectivity index (χ0n) is 30.9. The van der Waals surface area contributed by atoms with E-state index < -0.39 is 11.9 Å². The molecule has 1 aromatic carbocycles. The Balaban J connectivity index is 0.873. The van der Waals surface area contributed by atoms with Crippen molar-refractivity contribution in [2.75, 3.05) is 51.1 Å². The van der Waals surface area contributed by atoms with E-state index in [0.717, 1.165) is 87.9 Å². The van der Waals surface area contributed by atoms with Gasteiger partial charge in [-0.3, -0.25) is 10.1 Å². The van der Waals surface area contributed by atoms with E-state index in [-0.39, 0.29) is 30.3 Å². The predicted octanol–water partition coefficient (Wildman–Crippen LogP) is 6.65. The molecule has 54 heavy (non-hydrogen) atoms. The molecule has 0 unspecified atom stereocenters. The number of carbonyl (C=O) groups excluding carboxylic acids is 2. The van der Waals surface area contributed by atoms with Gasteiger partial charge in [0, 0.05) is 57.0 Å². The van der Waals surface area contributed by atoms with E-state index in [0.29, 0.717) is 42.8 Å². The van der Waals surface area contributed by atoms with Gasteiger partial charge in [0.1, 0.15) is 17.1 Å². The Morgan fingerprint density at radius 1 is 0.889 bits per heavy atom. The Morgan fingerprint density at radius 2 is 1.57 bits per heavy atom. The number of nitrogens with zero attached hydrogens (tertiary/aromatic N) is 6. The first kappa shape index (κ1) is 37.6. The van der Waals surface area contributed by atoms with E-state index in [1.165, 1.54) is 11.6 Å². The Kier molecular flexibility index (Phi) is 11.4. The first-order valence-corrected chi connectivity index (χ1v) is 19.1. The lowest BCUT2D eigenvalue weighted by Gasteiger charge is -2.36. The number of aromatic nitrogens is 3. The molecule has 3 aliphatic rings. The molecular formula is C40H49F3N8O3. The van der Waals surface area contributed by atoms with E-state index in [4.69, 9.17) is 9.72 Å². The number of alkyl halides is 3. The standard InChI is InChI=1S/C40H49F3N8O3/c1-27(2)54-35-22-37-46-33(25-51(37)26-34(35)44-23-32-4-3-5-36(45-32)40(41,42)43)31-12-17-49(18-13-31)21-20-48-15-10-30(11-16-48)29-8-6-28(7-9-29)24-50-19-14-38(52)47-39(50)53/h3-9,22,25-27,30-31,44H,10-21,23-24H2,1-2H3,(H,47,52,53). The number of halogens is 3. The third-order valence-corrected chi connectivity index (χ3v) is 10.8. The number of pyridine rings is 2. The summed E-state index contributed by atoms with van der Waals surface area (Å²) in [5.41, 5.74) is 4.29. The second-order valence-electron chi connectivity index (χ2n) is 15.0. The highest BCUT2D eigenvalue weighted by molar-refractivity contribution is 5.96. The Morgan fingerprint density at radius 3 is 2.22 bits per heavy atom. The van der Waals surface area contributed by atoms with Gasteiger partial charge in [-0.05, 0) is 94.9 Å². The molecule has 2 N–H and O–H groups in total. The third-order valence-electron chi connectivity index (χ3n) is 10.8. The minimum Gasteiger partial charge on any atom is -0.489 e. The van der Waals surface area contributed by atoms with Gasteiger partial charge < -0.3 is 29.2 Å². The Labute approximate surface area is 313 Å². The average Bonchev–Trinajstić information content (AvgIpc) is 3.57. The fourth-order valence-corrected chi connectivity index (χ4v) is 7.73. The van der Waals surface area contributed by atoms with Crippen LogP contribution in [0.5, 0.6) is 5.75 Å². The van der Waals surface area contributed by atoms with Gasteiger partial charge in [-0.1, -0.05) is 30.3 Å². The molecule has 4 aromatic rings. The molecule has 7 rings (SSSR count). The van der Waals surface area contributed by atoms with Crippen LogP contribution in [-0.2, 0) is 24.1 Å². The largest absolute Gasteiger partial charge is 0.489 e. The first-order valence-electron chi connectivity index (χ1n) is 19.1. The highest BCUT2D eigenvalue weighted by Gasteiger charge is 2.32.